The number of hydrogen-bond acceptors (Lipinski definition) is 4. The molecule has 0 heterocycles. The Morgan fingerprint density at radius 2 is 1.82 bits per heavy atom. The molecule has 0 spiro atoms. The number of ether oxygens (including phenoxy) is 1. The second-order valence-electron chi connectivity index (χ2n) is 4.20. The van der Waals surface area contributed by atoms with Gasteiger partial charge in [0, 0.05) is 24.4 Å². The molecule has 116 valence electrons. The van der Waals surface area contributed by atoms with E-state index in [-0.39, 0.29) is 12.5 Å². The van der Waals surface area contributed by atoms with Crippen LogP contribution in [0, 0.1) is 0 Å². The van der Waals surface area contributed by atoms with Crippen LogP contribution in [-0.2, 0) is 14.3 Å². The van der Waals surface area contributed by atoms with Gasteiger partial charge in [-0.3, -0.25) is 9.59 Å². The second kappa shape index (κ2) is 9.12. The number of carbonyl (C=O) groups is 3. The zero-order valence-electron chi connectivity index (χ0n) is 12.5. The van der Waals surface area contributed by atoms with Gasteiger partial charge in [0.2, 0.25) is 0 Å². The van der Waals surface area contributed by atoms with Crippen LogP contribution in [0.2, 0.25) is 0 Å². The van der Waals surface area contributed by atoms with E-state index in [1.165, 1.54) is 19.2 Å². The minimum Gasteiger partial charge on any atom is -0.452 e. The Bertz CT molecular complexity index is 589. The summed E-state index contributed by atoms with van der Waals surface area (Å²) < 4.78 is 4.77. The monoisotopic (exact) mass is 302 g/mol. The van der Waals surface area contributed by atoms with Gasteiger partial charge in [0.15, 0.2) is 6.61 Å². The molecule has 0 aromatic heterocycles. The highest BCUT2D eigenvalue weighted by molar-refractivity contribution is 5.96. The van der Waals surface area contributed by atoms with Crippen molar-refractivity contribution in [2.45, 2.75) is 6.92 Å². The van der Waals surface area contributed by atoms with Crippen LogP contribution >= 0.6 is 0 Å². The Hall–Kier alpha value is -2.89. The molecule has 0 radical (unpaired) electrons. The predicted molar refractivity (Wildman–Crippen MR) is 83.4 cm³/mol. The third-order valence-corrected chi connectivity index (χ3v) is 2.54. The maximum absolute atomic E-state index is 11.6. The number of hydrogen-bond donors (Lipinski definition) is 2. The van der Waals surface area contributed by atoms with Gasteiger partial charge < -0.3 is 15.4 Å². The van der Waals surface area contributed by atoms with Crippen molar-refractivity contribution in [2.24, 2.45) is 0 Å². The van der Waals surface area contributed by atoms with E-state index in [1.54, 1.807) is 36.4 Å². The Balaban J connectivity index is 2.45. The lowest BCUT2D eigenvalue weighted by Gasteiger charge is -2.06. The van der Waals surface area contributed by atoms with Gasteiger partial charge in [0.25, 0.3) is 11.8 Å². The highest BCUT2D eigenvalue weighted by Crippen LogP contribution is 2.09. The fraction of sp³-hybridized carbons (Fsp3) is 0.188. The minimum atomic E-state index is -0.594. The van der Waals surface area contributed by atoms with Gasteiger partial charge in [-0.05, 0) is 31.2 Å². The lowest BCUT2D eigenvalue weighted by Crippen LogP contribution is -2.20. The normalized spacial score (nSPS) is 10.6. The largest absolute Gasteiger partial charge is 0.452 e. The molecule has 0 aliphatic heterocycles. The Morgan fingerprint density at radius 1 is 1.14 bits per heavy atom. The molecule has 0 saturated carbocycles. The minimum absolute atomic E-state index is 0.209. The molecular formula is C16H18N2O4. The molecule has 0 aliphatic rings. The van der Waals surface area contributed by atoms with E-state index < -0.39 is 11.9 Å². The molecular weight excluding hydrogens is 284 g/mol. The first kappa shape index (κ1) is 17.2. The molecule has 22 heavy (non-hydrogen) atoms. The molecule has 0 aliphatic carbocycles. The molecule has 1 aromatic carbocycles. The predicted octanol–water partition coefficient (Wildman–Crippen LogP) is 1.66. The van der Waals surface area contributed by atoms with Crippen molar-refractivity contribution in [1.29, 1.82) is 0 Å². The van der Waals surface area contributed by atoms with Crippen molar-refractivity contribution in [3.8, 4) is 0 Å². The quantitative estimate of drug-likeness (QED) is 0.475. The highest BCUT2D eigenvalue weighted by Gasteiger charge is 2.07. The molecule has 0 fully saturated rings. The Morgan fingerprint density at radius 3 is 2.41 bits per heavy atom. The van der Waals surface area contributed by atoms with Gasteiger partial charge in [0.1, 0.15) is 0 Å². The van der Waals surface area contributed by atoms with Crippen LogP contribution in [0.1, 0.15) is 17.3 Å². The van der Waals surface area contributed by atoms with E-state index in [1.807, 2.05) is 6.92 Å². The first-order valence-corrected chi connectivity index (χ1v) is 6.65. The molecule has 0 atom stereocenters. The fourth-order valence-electron chi connectivity index (χ4n) is 1.48. The van der Waals surface area contributed by atoms with Crippen LogP contribution in [-0.4, -0.2) is 31.4 Å². The van der Waals surface area contributed by atoms with Gasteiger partial charge in [-0.15, -0.1) is 0 Å². The van der Waals surface area contributed by atoms with E-state index in [0.717, 1.165) is 0 Å². The molecule has 1 rings (SSSR count). The lowest BCUT2D eigenvalue weighted by atomic mass is 10.2. The maximum Gasteiger partial charge on any atom is 0.331 e. The summed E-state index contributed by atoms with van der Waals surface area (Å²) >= 11 is 0. The summed E-state index contributed by atoms with van der Waals surface area (Å²) in [6.07, 6.45) is 6.19. The van der Waals surface area contributed by atoms with E-state index in [2.05, 4.69) is 10.6 Å². The van der Waals surface area contributed by atoms with Crippen LogP contribution in [0.4, 0.5) is 5.69 Å². The Kier molecular flexibility index (Phi) is 7.12. The average Bonchev–Trinajstić information content (AvgIpc) is 2.53. The topological polar surface area (TPSA) is 84.5 Å². The number of allylic oxidation sites excluding steroid dienone is 3. The number of nitrogens with one attached hydrogen (secondary N) is 2. The SMILES string of the molecule is C/C=C/C=C/C(=O)OCC(=O)Nc1ccc(C(=O)NC)cc1. The standard InChI is InChI=1S/C16H18N2O4/c1-3-4-5-6-15(20)22-11-14(19)18-13-9-7-12(8-10-13)16(21)17-2/h3-10H,11H2,1-2H3,(H,17,21)(H,18,19)/b4-3+,6-5+. The van der Waals surface area contributed by atoms with Crippen LogP contribution in [0.3, 0.4) is 0 Å². The molecule has 2 N–H and O–H groups in total. The smallest absolute Gasteiger partial charge is 0.331 e. The first-order valence-electron chi connectivity index (χ1n) is 6.65. The van der Waals surface area contributed by atoms with Crippen LogP contribution in [0.5, 0.6) is 0 Å². The van der Waals surface area contributed by atoms with Crippen molar-refractivity contribution in [3.63, 3.8) is 0 Å². The van der Waals surface area contributed by atoms with Crippen molar-refractivity contribution in [3.05, 3.63) is 54.1 Å². The molecule has 0 bridgehead atoms. The number of rotatable bonds is 6. The van der Waals surface area contributed by atoms with Gasteiger partial charge in [-0.2, -0.15) is 0 Å². The number of benzene rings is 1. The Labute approximate surface area is 128 Å². The average molecular weight is 302 g/mol. The summed E-state index contributed by atoms with van der Waals surface area (Å²) in [7, 11) is 1.54. The summed E-state index contributed by atoms with van der Waals surface area (Å²) in [5.74, 6) is -1.26. The molecule has 0 saturated heterocycles. The van der Waals surface area contributed by atoms with Crippen LogP contribution in [0.15, 0.2) is 48.6 Å². The summed E-state index contributed by atoms with van der Waals surface area (Å²) in [5, 5.41) is 5.06. The molecule has 0 unspecified atom stereocenters. The highest BCUT2D eigenvalue weighted by atomic mass is 16.5. The summed E-state index contributed by atoms with van der Waals surface area (Å²) in [6, 6.07) is 6.35. The molecule has 2 amide bonds. The zero-order valence-corrected chi connectivity index (χ0v) is 12.5. The third kappa shape index (κ3) is 6.04. The first-order chi connectivity index (χ1) is 10.6. The lowest BCUT2D eigenvalue weighted by molar-refractivity contribution is -0.142. The zero-order chi connectivity index (χ0) is 16.4. The molecule has 6 heteroatoms. The fourth-order valence-corrected chi connectivity index (χ4v) is 1.48. The number of amides is 2. The van der Waals surface area contributed by atoms with Crippen LogP contribution in [0.25, 0.3) is 0 Å². The summed E-state index contributed by atoms with van der Waals surface area (Å²) in [6.45, 7) is 1.44. The van der Waals surface area contributed by atoms with E-state index in [9.17, 15) is 14.4 Å². The van der Waals surface area contributed by atoms with Crippen molar-refractivity contribution >= 4 is 23.5 Å². The van der Waals surface area contributed by atoms with Crippen LogP contribution < -0.4 is 10.6 Å². The number of carbonyl (C=O) groups excluding carboxylic acids is 3. The van der Waals surface area contributed by atoms with E-state index >= 15 is 0 Å². The molecule has 1 aromatic rings. The van der Waals surface area contributed by atoms with E-state index in [0.29, 0.717) is 11.3 Å². The van der Waals surface area contributed by atoms with Crippen molar-refractivity contribution < 1.29 is 19.1 Å². The second-order valence-corrected chi connectivity index (χ2v) is 4.20. The van der Waals surface area contributed by atoms with Crippen molar-refractivity contribution in [2.75, 3.05) is 19.0 Å². The van der Waals surface area contributed by atoms with Gasteiger partial charge in [0.05, 0.1) is 0 Å². The summed E-state index contributed by atoms with van der Waals surface area (Å²) in [4.78, 5) is 34.2. The van der Waals surface area contributed by atoms with Gasteiger partial charge in [-0.1, -0.05) is 18.2 Å². The van der Waals surface area contributed by atoms with Crippen molar-refractivity contribution in [1.82, 2.24) is 5.32 Å². The van der Waals surface area contributed by atoms with Gasteiger partial charge in [-0.25, -0.2) is 4.79 Å². The summed E-state index contributed by atoms with van der Waals surface area (Å²) in [5.41, 5.74) is 0.999. The van der Waals surface area contributed by atoms with E-state index in [4.69, 9.17) is 4.74 Å². The maximum atomic E-state index is 11.6. The molecule has 6 nitrogen and oxygen atoms in total. The third-order valence-electron chi connectivity index (χ3n) is 2.54. The van der Waals surface area contributed by atoms with Gasteiger partial charge >= 0.3 is 5.97 Å². The number of esters is 1. The number of anilines is 1.